The molecule has 0 aromatic heterocycles. The van der Waals surface area contributed by atoms with Gasteiger partial charge < -0.3 is 15.0 Å². The van der Waals surface area contributed by atoms with Crippen molar-refractivity contribution < 1.29 is 19.8 Å². The first-order valence-electron chi connectivity index (χ1n) is 5.30. The number of ketones is 1. The van der Waals surface area contributed by atoms with E-state index < -0.39 is 18.0 Å². The molecule has 4 nitrogen and oxygen atoms in total. The Bertz CT molecular complexity index is 225. The van der Waals surface area contributed by atoms with E-state index in [1.54, 1.807) is 0 Å². The second kappa shape index (κ2) is 6.56. The van der Waals surface area contributed by atoms with Gasteiger partial charge in [0.25, 0.3) is 0 Å². The largest absolute Gasteiger partial charge is 0.481 e. The van der Waals surface area contributed by atoms with Crippen LogP contribution in [0, 0.1) is 11.8 Å². The highest BCUT2D eigenvalue weighted by Crippen LogP contribution is 2.21. The molecule has 0 aliphatic carbocycles. The van der Waals surface area contributed by atoms with E-state index in [0.29, 0.717) is 0 Å². The summed E-state index contributed by atoms with van der Waals surface area (Å²) in [4.78, 5) is 21.7. The van der Waals surface area contributed by atoms with E-state index in [-0.39, 0.29) is 24.5 Å². The normalized spacial score (nSPS) is 16.8. The van der Waals surface area contributed by atoms with Gasteiger partial charge >= 0.3 is 5.97 Å². The van der Waals surface area contributed by atoms with Gasteiger partial charge in [-0.3, -0.25) is 4.79 Å². The Balaban J connectivity index is 4.38. The van der Waals surface area contributed by atoms with Crippen molar-refractivity contribution >= 4 is 11.8 Å². The van der Waals surface area contributed by atoms with Crippen molar-refractivity contribution in [1.29, 1.82) is 0 Å². The molecule has 0 saturated carbocycles. The van der Waals surface area contributed by atoms with Crippen LogP contribution in [0.5, 0.6) is 0 Å². The van der Waals surface area contributed by atoms with Crippen molar-refractivity contribution in [3.05, 3.63) is 0 Å². The summed E-state index contributed by atoms with van der Waals surface area (Å²) in [6.07, 6.45) is 0.290. The number of carbonyl (C=O) groups is 2. The van der Waals surface area contributed by atoms with Gasteiger partial charge in [-0.1, -0.05) is 20.3 Å². The maximum absolute atomic E-state index is 10.9. The van der Waals surface area contributed by atoms with Gasteiger partial charge in [0.05, 0.1) is 12.0 Å². The molecule has 0 fully saturated rings. The smallest absolute Gasteiger partial charge is 0.309 e. The number of Topliss-reactive ketones (excluding diaryl/α,β-unsaturated/α-hetero) is 1. The Morgan fingerprint density at radius 3 is 2.20 bits per heavy atom. The highest BCUT2D eigenvalue weighted by molar-refractivity contribution is 5.77. The van der Waals surface area contributed by atoms with Gasteiger partial charge in [-0.25, -0.2) is 0 Å². The summed E-state index contributed by atoms with van der Waals surface area (Å²) in [5, 5.41) is 18.7. The number of rotatable bonds is 7. The predicted molar refractivity (Wildman–Crippen MR) is 56.5 cm³/mol. The predicted octanol–water partition coefficient (Wildman–Crippen LogP) is 1.46. The fourth-order valence-corrected chi connectivity index (χ4v) is 1.44. The number of carboxylic acids is 1. The second-order valence-electron chi connectivity index (χ2n) is 4.06. The van der Waals surface area contributed by atoms with Crippen molar-refractivity contribution in [1.82, 2.24) is 0 Å². The molecule has 0 aromatic rings. The number of hydrogen-bond donors (Lipinski definition) is 2. The van der Waals surface area contributed by atoms with Crippen molar-refractivity contribution in [3.63, 3.8) is 0 Å². The highest BCUT2D eigenvalue weighted by Gasteiger charge is 2.29. The molecule has 0 bridgehead atoms. The number of aliphatic hydroxyl groups excluding tert-OH is 1. The van der Waals surface area contributed by atoms with Gasteiger partial charge in [0, 0.05) is 6.42 Å². The zero-order valence-corrected chi connectivity index (χ0v) is 9.56. The molecule has 0 amide bonds. The quantitative estimate of drug-likeness (QED) is 0.675. The SMILES string of the molecule is CCC(C)C(O)C(CCC(C)=O)C(=O)O. The maximum atomic E-state index is 10.9. The number of hydrogen-bond acceptors (Lipinski definition) is 3. The summed E-state index contributed by atoms with van der Waals surface area (Å²) in [6, 6.07) is 0. The van der Waals surface area contributed by atoms with Crippen LogP contribution >= 0.6 is 0 Å². The molecule has 0 radical (unpaired) electrons. The van der Waals surface area contributed by atoms with Gasteiger partial charge in [-0.2, -0.15) is 0 Å². The molecule has 4 heteroatoms. The highest BCUT2D eigenvalue weighted by atomic mass is 16.4. The first-order chi connectivity index (χ1) is 6.90. The number of aliphatic hydroxyl groups is 1. The van der Waals surface area contributed by atoms with Crippen LogP contribution in [0.1, 0.15) is 40.0 Å². The van der Waals surface area contributed by atoms with E-state index in [1.165, 1.54) is 6.92 Å². The van der Waals surface area contributed by atoms with Crippen molar-refractivity contribution in [2.24, 2.45) is 11.8 Å². The topological polar surface area (TPSA) is 74.6 Å². The Hall–Kier alpha value is -0.900. The minimum Gasteiger partial charge on any atom is -0.481 e. The first-order valence-corrected chi connectivity index (χ1v) is 5.30. The lowest BCUT2D eigenvalue weighted by molar-refractivity contribution is -0.147. The van der Waals surface area contributed by atoms with E-state index in [1.807, 2.05) is 13.8 Å². The molecule has 3 atom stereocenters. The van der Waals surface area contributed by atoms with Gasteiger partial charge in [-0.15, -0.1) is 0 Å². The van der Waals surface area contributed by atoms with Crippen molar-refractivity contribution in [3.8, 4) is 0 Å². The van der Waals surface area contributed by atoms with E-state index >= 15 is 0 Å². The summed E-state index contributed by atoms with van der Waals surface area (Å²) < 4.78 is 0. The van der Waals surface area contributed by atoms with Gasteiger partial charge in [0.15, 0.2) is 0 Å². The molecular weight excluding hydrogens is 196 g/mol. The molecule has 0 heterocycles. The molecule has 0 rings (SSSR count). The molecule has 2 N–H and O–H groups in total. The lowest BCUT2D eigenvalue weighted by Crippen LogP contribution is -2.33. The zero-order valence-electron chi connectivity index (χ0n) is 9.56. The third-order valence-electron chi connectivity index (χ3n) is 2.76. The van der Waals surface area contributed by atoms with Crippen LogP contribution in [0.15, 0.2) is 0 Å². The third-order valence-corrected chi connectivity index (χ3v) is 2.76. The van der Waals surface area contributed by atoms with E-state index in [9.17, 15) is 14.7 Å². The van der Waals surface area contributed by atoms with Crippen molar-refractivity contribution in [2.75, 3.05) is 0 Å². The van der Waals surface area contributed by atoms with E-state index in [4.69, 9.17) is 5.11 Å². The lowest BCUT2D eigenvalue weighted by atomic mass is 9.87. The molecule has 0 saturated heterocycles. The Kier molecular flexibility index (Phi) is 6.17. The minimum atomic E-state index is -1.02. The van der Waals surface area contributed by atoms with Crippen LogP contribution in [0.3, 0.4) is 0 Å². The molecule has 15 heavy (non-hydrogen) atoms. The van der Waals surface area contributed by atoms with E-state index in [0.717, 1.165) is 6.42 Å². The van der Waals surface area contributed by atoms with Crippen LogP contribution in [0.25, 0.3) is 0 Å². The van der Waals surface area contributed by atoms with Crippen LogP contribution in [-0.2, 0) is 9.59 Å². The third kappa shape index (κ3) is 4.93. The van der Waals surface area contributed by atoms with Crippen LogP contribution in [-0.4, -0.2) is 28.1 Å². The van der Waals surface area contributed by atoms with Gasteiger partial charge in [0.1, 0.15) is 5.78 Å². The van der Waals surface area contributed by atoms with Crippen LogP contribution < -0.4 is 0 Å². The van der Waals surface area contributed by atoms with Crippen molar-refractivity contribution in [2.45, 2.75) is 46.1 Å². The standard InChI is InChI=1S/C11H20O4/c1-4-7(2)10(13)9(11(14)15)6-5-8(3)12/h7,9-10,13H,4-6H2,1-3H3,(H,14,15). The molecule has 88 valence electrons. The molecule has 0 aromatic carbocycles. The Morgan fingerprint density at radius 1 is 1.33 bits per heavy atom. The Morgan fingerprint density at radius 2 is 1.87 bits per heavy atom. The summed E-state index contributed by atoms with van der Waals surface area (Å²) in [5.74, 6) is -1.96. The number of aliphatic carboxylic acids is 1. The number of carbonyl (C=O) groups excluding carboxylic acids is 1. The fourth-order valence-electron chi connectivity index (χ4n) is 1.44. The van der Waals surface area contributed by atoms with Gasteiger partial charge in [0.2, 0.25) is 0 Å². The average molecular weight is 216 g/mol. The van der Waals surface area contributed by atoms with Crippen LogP contribution in [0.2, 0.25) is 0 Å². The minimum absolute atomic E-state index is 0.0439. The van der Waals surface area contributed by atoms with Crippen LogP contribution in [0.4, 0.5) is 0 Å². The molecule has 0 aliphatic rings. The first kappa shape index (κ1) is 14.1. The average Bonchev–Trinajstić information content (AvgIpc) is 2.15. The second-order valence-corrected chi connectivity index (χ2v) is 4.06. The fraction of sp³-hybridized carbons (Fsp3) is 0.818. The lowest BCUT2D eigenvalue weighted by Gasteiger charge is -2.23. The summed E-state index contributed by atoms with van der Waals surface area (Å²) >= 11 is 0. The Labute approximate surface area is 90.3 Å². The van der Waals surface area contributed by atoms with E-state index in [2.05, 4.69) is 0 Å². The number of carboxylic acid groups (broad SMARTS) is 1. The molecule has 0 spiro atoms. The summed E-state index contributed by atoms with van der Waals surface area (Å²) in [5.41, 5.74) is 0. The zero-order chi connectivity index (χ0) is 12.0. The molecular formula is C11H20O4. The molecule has 3 unspecified atom stereocenters. The summed E-state index contributed by atoms with van der Waals surface area (Å²) in [6.45, 7) is 5.14. The van der Waals surface area contributed by atoms with Gasteiger partial charge in [-0.05, 0) is 19.3 Å². The summed E-state index contributed by atoms with van der Waals surface area (Å²) in [7, 11) is 0. The molecule has 0 aliphatic heterocycles. The maximum Gasteiger partial charge on any atom is 0.309 e. The monoisotopic (exact) mass is 216 g/mol.